The number of nitrogens with zero attached hydrogens (tertiary/aromatic N) is 2. The van der Waals surface area contributed by atoms with E-state index in [9.17, 15) is 0 Å². The Hall–Kier alpha value is -0.970. The van der Waals surface area contributed by atoms with Gasteiger partial charge in [0.2, 0.25) is 0 Å². The van der Waals surface area contributed by atoms with Gasteiger partial charge in [-0.3, -0.25) is 4.99 Å². The number of hydrogen-bond donors (Lipinski definition) is 1. The smallest absolute Gasteiger partial charge is 0.193 e. The van der Waals surface area contributed by atoms with Crippen molar-refractivity contribution in [2.24, 2.45) is 10.9 Å². The molecule has 2 rings (SSSR count). The van der Waals surface area contributed by atoms with Gasteiger partial charge in [0.05, 0.1) is 6.61 Å². The van der Waals surface area contributed by atoms with Gasteiger partial charge in [-0.2, -0.15) is 0 Å². The van der Waals surface area contributed by atoms with E-state index in [4.69, 9.17) is 27.9 Å². The molecule has 1 N–H and O–H groups in total. The molecule has 1 aromatic rings. The first-order valence-corrected chi connectivity index (χ1v) is 8.28. The summed E-state index contributed by atoms with van der Waals surface area (Å²) in [4.78, 5) is 6.49. The van der Waals surface area contributed by atoms with Crippen molar-refractivity contribution < 1.29 is 4.74 Å². The molecule has 1 saturated heterocycles. The van der Waals surface area contributed by atoms with Crippen LogP contribution in [-0.4, -0.2) is 51.3 Å². The minimum atomic E-state index is 0.593. The zero-order chi connectivity index (χ0) is 15.9. The Labute approximate surface area is 142 Å². The third-order valence-corrected chi connectivity index (χ3v) is 4.18. The summed E-state index contributed by atoms with van der Waals surface area (Å²) in [6.07, 6.45) is 1.97. The fraction of sp³-hybridized carbons (Fsp3) is 0.562. The maximum Gasteiger partial charge on any atom is 0.193 e. The van der Waals surface area contributed by atoms with Crippen molar-refractivity contribution in [1.29, 1.82) is 0 Å². The summed E-state index contributed by atoms with van der Waals surface area (Å²) in [6, 6.07) is 5.63. The summed E-state index contributed by atoms with van der Waals surface area (Å²) < 4.78 is 5.42. The summed E-state index contributed by atoms with van der Waals surface area (Å²) in [6.45, 7) is 3.47. The standard InChI is InChI=1S/C16H23Cl2N3O/c1-19-16(21(2)10-13-4-6-22-11-13)20-5-3-12-7-14(17)9-15(18)8-12/h7-9,13H,3-6,10-11H2,1-2H3,(H,19,20). The van der Waals surface area contributed by atoms with Crippen molar-refractivity contribution >= 4 is 29.2 Å². The molecule has 1 atom stereocenters. The van der Waals surface area contributed by atoms with Gasteiger partial charge in [0, 0.05) is 49.8 Å². The molecule has 0 spiro atoms. The molecule has 0 radical (unpaired) electrons. The first-order chi connectivity index (χ1) is 10.6. The maximum absolute atomic E-state index is 6.02. The van der Waals surface area contributed by atoms with Crippen LogP contribution in [0, 0.1) is 5.92 Å². The zero-order valence-corrected chi connectivity index (χ0v) is 14.6. The third-order valence-electron chi connectivity index (χ3n) is 3.75. The van der Waals surface area contributed by atoms with Crippen LogP contribution in [0.1, 0.15) is 12.0 Å². The Bertz CT molecular complexity index is 496. The summed E-state index contributed by atoms with van der Waals surface area (Å²) in [5.41, 5.74) is 1.12. The Morgan fingerprint density at radius 3 is 2.68 bits per heavy atom. The van der Waals surface area contributed by atoms with Crippen molar-refractivity contribution in [1.82, 2.24) is 10.2 Å². The molecule has 1 aliphatic heterocycles. The predicted molar refractivity (Wildman–Crippen MR) is 93.1 cm³/mol. The minimum Gasteiger partial charge on any atom is -0.381 e. The summed E-state index contributed by atoms with van der Waals surface area (Å²) >= 11 is 12.0. The molecular weight excluding hydrogens is 321 g/mol. The lowest BCUT2D eigenvalue weighted by atomic mass is 10.1. The molecular formula is C16H23Cl2N3O. The van der Waals surface area contributed by atoms with Gasteiger partial charge in [0.1, 0.15) is 0 Å². The first kappa shape index (κ1) is 17.4. The van der Waals surface area contributed by atoms with Gasteiger partial charge in [0.15, 0.2) is 5.96 Å². The fourth-order valence-corrected chi connectivity index (χ4v) is 3.23. The highest BCUT2D eigenvalue weighted by Crippen LogP contribution is 2.19. The average Bonchev–Trinajstić information content (AvgIpc) is 2.95. The lowest BCUT2D eigenvalue weighted by molar-refractivity contribution is 0.181. The second-order valence-electron chi connectivity index (χ2n) is 5.61. The van der Waals surface area contributed by atoms with Crippen molar-refractivity contribution in [2.75, 3.05) is 40.4 Å². The van der Waals surface area contributed by atoms with E-state index >= 15 is 0 Å². The summed E-state index contributed by atoms with van der Waals surface area (Å²) in [7, 11) is 3.87. The molecule has 1 aromatic carbocycles. The third kappa shape index (κ3) is 5.34. The molecule has 1 aliphatic rings. The molecule has 0 bridgehead atoms. The van der Waals surface area contributed by atoms with E-state index in [1.807, 2.05) is 12.1 Å². The Morgan fingerprint density at radius 2 is 2.09 bits per heavy atom. The monoisotopic (exact) mass is 343 g/mol. The molecule has 0 saturated carbocycles. The van der Waals surface area contributed by atoms with Crippen LogP contribution in [0.2, 0.25) is 10.0 Å². The summed E-state index contributed by atoms with van der Waals surface area (Å²) in [5.74, 6) is 1.50. The van der Waals surface area contributed by atoms with Crippen LogP contribution >= 0.6 is 23.2 Å². The molecule has 0 aromatic heterocycles. The minimum absolute atomic E-state index is 0.593. The number of ether oxygens (including phenoxy) is 1. The van der Waals surface area contributed by atoms with Crippen LogP contribution < -0.4 is 5.32 Å². The molecule has 0 amide bonds. The molecule has 0 aliphatic carbocycles. The van der Waals surface area contributed by atoms with E-state index in [0.29, 0.717) is 16.0 Å². The van der Waals surface area contributed by atoms with Crippen LogP contribution in [-0.2, 0) is 11.2 Å². The quantitative estimate of drug-likeness (QED) is 0.659. The van der Waals surface area contributed by atoms with E-state index in [-0.39, 0.29) is 0 Å². The van der Waals surface area contributed by atoms with Crippen LogP contribution in [0.5, 0.6) is 0 Å². The average molecular weight is 344 g/mol. The van der Waals surface area contributed by atoms with E-state index in [2.05, 4.69) is 22.3 Å². The first-order valence-electron chi connectivity index (χ1n) is 7.53. The van der Waals surface area contributed by atoms with Gasteiger partial charge in [-0.05, 0) is 36.6 Å². The molecule has 1 unspecified atom stereocenters. The zero-order valence-electron chi connectivity index (χ0n) is 13.1. The number of halogens is 2. The van der Waals surface area contributed by atoms with E-state index in [1.165, 1.54) is 0 Å². The number of guanidine groups is 1. The molecule has 22 heavy (non-hydrogen) atoms. The van der Waals surface area contributed by atoms with Crippen molar-refractivity contribution in [3.05, 3.63) is 33.8 Å². The van der Waals surface area contributed by atoms with E-state index < -0.39 is 0 Å². The predicted octanol–water partition coefficient (Wildman–Crippen LogP) is 3.08. The fourth-order valence-electron chi connectivity index (χ4n) is 2.66. The van der Waals surface area contributed by atoms with E-state index in [0.717, 1.165) is 50.7 Å². The normalized spacial score (nSPS) is 18.5. The van der Waals surface area contributed by atoms with Gasteiger partial charge in [0.25, 0.3) is 0 Å². The van der Waals surface area contributed by atoms with Crippen LogP contribution in [0.3, 0.4) is 0 Å². The number of hydrogen-bond acceptors (Lipinski definition) is 2. The molecule has 1 fully saturated rings. The maximum atomic E-state index is 6.02. The van der Waals surface area contributed by atoms with Crippen LogP contribution in [0.4, 0.5) is 0 Å². The number of nitrogens with one attached hydrogen (secondary N) is 1. The van der Waals surface area contributed by atoms with Crippen LogP contribution in [0.25, 0.3) is 0 Å². The number of rotatable bonds is 5. The molecule has 4 nitrogen and oxygen atoms in total. The van der Waals surface area contributed by atoms with Gasteiger partial charge < -0.3 is 15.0 Å². The van der Waals surface area contributed by atoms with Crippen molar-refractivity contribution in [3.8, 4) is 0 Å². The van der Waals surface area contributed by atoms with Crippen molar-refractivity contribution in [3.63, 3.8) is 0 Å². The second kappa shape index (κ2) is 8.61. The lowest BCUT2D eigenvalue weighted by Gasteiger charge is -2.24. The van der Waals surface area contributed by atoms with E-state index in [1.54, 1.807) is 13.1 Å². The largest absolute Gasteiger partial charge is 0.381 e. The van der Waals surface area contributed by atoms with Gasteiger partial charge >= 0.3 is 0 Å². The Balaban J connectivity index is 1.80. The molecule has 6 heteroatoms. The van der Waals surface area contributed by atoms with Gasteiger partial charge in [-0.25, -0.2) is 0 Å². The van der Waals surface area contributed by atoms with Crippen molar-refractivity contribution in [2.45, 2.75) is 12.8 Å². The van der Waals surface area contributed by atoms with Gasteiger partial charge in [-0.1, -0.05) is 23.2 Å². The Kier molecular flexibility index (Phi) is 6.80. The highest BCUT2D eigenvalue weighted by atomic mass is 35.5. The Morgan fingerprint density at radius 1 is 1.36 bits per heavy atom. The highest BCUT2D eigenvalue weighted by molar-refractivity contribution is 6.34. The highest BCUT2D eigenvalue weighted by Gasteiger charge is 2.18. The number of benzene rings is 1. The SMILES string of the molecule is CN=C(NCCc1cc(Cl)cc(Cl)c1)N(C)CC1CCOC1. The summed E-state index contributed by atoms with van der Waals surface area (Å²) in [5, 5.41) is 4.72. The topological polar surface area (TPSA) is 36.9 Å². The molecule has 1 heterocycles. The molecule has 122 valence electrons. The lowest BCUT2D eigenvalue weighted by Crippen LogP contribution is -2.42. The van der Waals surface area contributed by atoms with Gasteiger partial charge in [-0.15, -0.1) is 0 Å². The number of aliphatic imine (C=N–C) groups is 1. The second-order valence-corrected chi connectivity index (χ2v) is 6.48. The van der Waals surface area contributed by atoms with Crippen LogP contribution in [0.15, 0.2) is 23.2 Å².